The quantitative estimate of drug-likeness (QED) is 0.653. The van der Waals surface area contributed by atoms with E-state index in [1.165, 1.54) is 5.69 Å². The van der Waals surface area contributed by atoms with Crippen molar-refractivity contribution in [2.24, 2.45) is 0 Å². The van der Waals surface area contributed by atoms with Crippen LogP contribution in [0.4, 0.5) is 0 Å². The first-order valence-corrected chi connectivity index (χ1v) is 3.71. The highest BCUT2D eigenvalue weighted by molar-refractivity contribution is 5.07. The van der Waals surface area contributed by atoms with Crippen LogP contribution in [-0.4, -0.2) is 11.5 Å². The van der Waals surface area contributed by atoms with Crippen LogP contribution >= 0.6 is 0 Å². The van der Waals surface area contributed by atoms with Crippen LogP contribution in [0.25, 0.3) is 0 Å². The van der Waals surface area contributed by atoms with Gasteiger partial charge in [0, 0.05) is 17.9 Å². The number of aromatic amines is 1. The fraction of sp³-hybridized carbons (Fsp3) is 0.500. The molecule has 0 aliphatic rings. The predicted molar refractivity (Wildman–Crippen MR) is 42.9 cm³/mol. The second kappa shape index (κ2) is 3.42. The molecule has 10 heavy (non-hydrogen) atoms. The maximum atomic E-state index is 3.32. The predicted octanol–water partition coefficient (Wildman–Crippen LogP) is 1.69. The lowest BCUT2D eigenvalue weighted by atomic mass is 10.2. The van der Waals surface area contributed by atoms with Gasteiger partial charge in [0.1, 0.15) is 0 Å². The molecule has 1 aromatic heterocycles. The maximum Gasteiger partial charge on any atom is 0.0444 e. The molecule has 0 aliphatic carbocycles. The van der Waals surface area contributed by atoms with Gasteiger partial charge in [0.25, 0.3) is 0 Å². The highest BCUT2D eigenvalue weighted by Gasteiger charge is 2.01. The van der Waals surface area contributed by atoms with E-state index in [9.17, 15) is 0 Å². The van der Waals surface area contributed by atoms with Gasteiger partial charge in [-0.25, -0.2) is 0 Å². The molecule has 0 saturated carbocycles. The molecule has 0 amide bonds. The van der Waals surface area contributed by atoms with Crippen molar-refractivity contribution in [3.8, 4) is 0 Å². The zero-order chi connectivity index (χ0) is 7.40. The molecule has 0 saturated heterocycles. The van der Waals surface area contributed by atoms with Crippen LogP contribution in [0.5, 0.6) is 0 Å². The van der Waals surface area contributed by atoms with E-state index in [0.29, 0.717) is 6.04 Å². The third-order valence-corrected chi connectivity index (χ3v) is 1.60. The Morgan fingerprint density at radius 1 is 1.70 bits per heavy atom. The molecule has 1 heterocycles. The van der Waals surface area contributed by atoms with Crippen molar-refractivity contribution >= 4 is 0 Å². The Kier molecular flexibility index (Phi) is 2.51. The molecule has 2 N–H and O–H groups in total. The second-order valence-corrected chi connectivity index (χ2v) is 2.40. The molecule has 1 aromatic rings. The van der Waals surface area contributed by atoms with Gasteiger partial charge in [0.2, 0.25) is 0 Å². The fourth-order valence-corrected chi connectivity index (χ4v) is 1.03. The molecular formula is C8H14N2. The fourth-order valence-electron chi connectivity index (χ4n) is 1.03. The molecule has 0 bridgehead atoms. The van der Waals surface area contributed by atoms with E-state index in [-0.39, 0.29) is 0 Å². The number of aromatic nitrogens is 1. The van der Waals surface area contributed by atoms with Gasteiger partial charge >= 0.3 is 0 Å². The third-order valence-electron chi connectivity index (χ3n) is 1.60. The Morgan fingerprint density at radius 2 is 2.50 bits per heavy atom. The summed E-state index contributed by atoms with van der Waals surface area (Å²) < 4.78 is 0. The summed E-state index contributed by atoms with van der Waals surface area (Å²) in [4.78, 5) is 3.16. The number of hydrogen-bond acceptors (Lipinski definition) is 1. The summed E-state index contributed by atoms with van der Waals surface area (Å²) in [6.45, 7) is 5.27. The van der Waals surface area contributed by atoms with Gasteiger partial charge < -0.3 is 10.3 Å². The molecule has 0 aliphatic heterocycles. The van der Waals surface area contributed by atoms with Crippen LogP contribution < -0.4 is 5.32 Å². The Balaban J connectivity index is 2.50. The average molecular weight is 138 g/mol. The third kappa shape index (κ3) is 1.61. The highest BCUT2D eigenvalue weighted by Crippen LogP contribution is 2.07. The summed E-state index contributed by atoms with van der Waals surface area (Å²) in [5, 5.41) is 3.32. The molecule has 0 spiro atoms. The standard InChI is InChI=1S/C8H14N2/c1-3-9-7(2)8-5-4-6-10-8/h4-7,9-10H,3H2,1-2H3. The van der Waals surface area contributed by atoms with E-state index < -0.39 is 0 Å². The van der Waals surface area contributed by atoms with Crippen molar-refractivity contribution in [2.45, 2.75) is 19.9 Å². The Bertz CT molecular complexity index is 167. The van der Waals surface area contributed by atoms with Crippen molar-refractivity contribution in [3.05, 3.63) is 24.0 Å². The first-order chi connectivity index (χ1) is 4.84. The average Bonchev–Trinajstić information content (AvgIpc) is 2.38. The monoisotopic (exact) mass is 138 g/mol. The minimum atomic E-state index is 0.444. The van der Waals surface area contributed by atoms with Crippen LogP contribution in [-0.2, 0) is 0 Å². The Labute approximate surface area is 61.7 Å². The van der Waals surface area contributed by atoms with Crippen molar-refractivity contribution in [1.82, 2.24) is 10.3 Å². The van der Waals surface area contributed by atoms with Crippen LogP contribution in [0.1, 0.15) is 25.6 Å². The Hall–Kier alpha value is -0.760. The summed E-state index contributed by atoms with van der Waals surface area (Å²) in [6.07, 6.45) is 1.95. The summed E-state index contributed by atoms with van der Waals surface area (Å²) in [5.41, 5.74) is 1.25. The largest absolute Gasteiger partial charge is 0.364 e. The lowest BCUT2D eigenvalue weighted by Gasteiger charge is -2.08. The van der Waals surface area contributed by atoms with E-state index in [2.05, 4.69) is 30.2 Å². The van der Waals surface area contributed by atoms with Gasteiger partial charge in [-0.3, -0.25) is 0 Å². The topological polar surface area (TPSA) is 27.8 Å². The summed E-state index contributed by atoms with van der Waals surface area (Å²) in [6, 6.07) is 4.55. The Morgan fingerprint density at radius 3 is 3.00 bits per heavy atom. The van der Waals surface area contributed by atoms with E-state index in [0.717, 1.165) is 6.54 Å². The highest BCUT2D eigenvalue weighted by atomic mass is 14.9. The number of hydrogen-bond donors (Lipinski definition) is 2. The van der Waals surface area contributed by atoms with Gasteiger partial charge in [-0.2, -0.15) is 0 Å². The van der Waals surface area contributed by atoms with Crippen molar-refractivity contribution in [2.75, 3.05) is 6.54 Å². The zero-order valence-electron chi connectivity index (χ0n) is 6.52. The van der Waals surface area contributed by atoms with E-state index >= 15 is 0 Å². The molecule has 2 heteroatoms. The number of nitrogens with one attached hydrogen (secondary N) is 2. The van der Waals surface area contributed by atoms with Crippen LogP contribution in [0.15, 0.2) is 18.3 Å². The molecule has 0 radical (unpaired) electrons. The van der Waals surface area contributed by atoms with Crippen molar-refractivity contribution in [1.29, 1.82) is 0 Å². The van der Waals surface area contributed by atoms with Gasteiger partial charge in [-0.15, -0.1) is 0 Å². The minimum absolute atomic E-state index is 0.444. The van der Waals surface area contributed by atoms with E-state index in [1.807, 2.05) is 12.3 Å². The van der Waals surface area contributed by atoms with Crippen molar-refractivity contribution < 1.29 is 0 Å². The smallest absolute Gasteiger partial charge is 0.0444 e. The summed E-state index contributed by atoms with van der Waals surface area (Å²) >= 11 is 0. The second-order valence-electron chi connectivity index (χ2n) is 2.40. The summed E-state index contributed by atoms with van der Waals surface area (Å²) in [5.74, 6) is 0. The summed E-state index contributed by atoms with van der Waals surface area (Å²) in [7, 11) is 0. The number of rotatable bonds is 3. The molecule has 56 valence electrons. The van der Waals surface area contributed by atoms with Gasteiger partial charge in [-0.1, -0.05) is 6.92 Å². The molecule has 2 nitrogen and oxygen atoms in total. The molecule has 0 fully saturated rings. The lowest BCUT2D eigenvalue weighted by molar-refractivity contribution is 0.586. The van der Waals surface area contributed by atoms with Gasteiger partial charge in [0.05, 0.1) is 0 Å². The van der Waals surface area contributed by atoms with E-state index in [1.54, 1.807) is 0 Å². The van der Waals surface area contributed by atoms with Gasteiger partial charge in [0.15, 0.2) is 0 Å². The first kappa shape index (κ1) is 7.35. The SMILES string of the molecule is CCNC(C)c1ccc[nH]1. The van der Waals surface area contributed by atoms with Gasteiger partial charge in [-0.05, 0) is 25.6 Å². The maximum absolute atomic E-state index is 3.32. The number of H-pyrrole nitrogens is 1. The molecular weight excluding hydrogens is 124 g/mol. The minimum Gasteiger partial charge on any atom is -0.364 e. The van der Waals surface area contributed by atoms with Crippen LogP contribution in [0.3, 0.4) is 0 Å². The molecule has 1 unspecified atom stereocenters. The first-order valence-electron chi connectivity index (χ1n) is 3.71. The zero-order valence-corrected chi connectivity index (χ0v) is 6.52. The molecule has 1 atom stereocenters. The molecule has 1 rings (SSSR count). The van der Waals surface area contributed by atoms with E-state index in [4.69, 9.17) is 0 Å². The lowest BCUT2D eigenvalue weighted by Crippen LogP contribution is -2.17. The van der Waals surface area contributed by atoms with Crippen LogP contribution in [0, 0.1) is 0 Å². The van der Waals surface area contributed by atoms with Crippen molar-refractivity contribution in [3.63, 3.8) is 0 Å². The molecule has 0 aromatic carbocycles. The van der Waals surface area contributed by atoms with Crippen LogP contribution in [0.2, 0.25) is 0 Å². The normalized spacial score (nSPS) is 13.4.